The summed E-state index contributed by atoms with van der Waals surface area (Å²) in [7, 11) is -0.314. The second-order valence-corrected chi connectivity index (χ2v) is 7.98. The summed E-state index contributed by atoms with van der Waals surface area (Å²) in [5, 5.41) is 0. The maximum Gasteiger partial charge on any atom is 0.494 e. The van der Waals surface area contributed by atoms with E-state index in [2.05, 4.69) is 60.6 Å². The first-order valence-corrected chi connectivity index (χ1v) is 9.27. The van der Waals surface area contributed by atoms with Gasteiger partial charge in [0, 0.05) is 0 Å². The highest BCUT2D eigenvalue weighted by Crippen LogP contribution is 2.37. The smallest absolute Gasteiger partial charge is 0.493 e. The number of hydrogen-bond donors (Lipinski definition) is 0. The van der Waals surface area contributed by atoms with Gasteiger partial charge in [0.2, 0.25) is 0 Å². The summed E-state index contributed by atoms with van der Waals surface area (Å²) < 4.78 is 18.4. The molecule has 1 aromatic rings. The van der Waals surface area contributed by atoms with Crippen molar-refractivity contribution in [1.82, 2.24) is 0 Å². The summed E-state index contributed by atoms with van der Waals surface area (Å²) in [5.41, 5.74) is 2.74. The van der Waals surface area contributed by atoms with Crippen molar-refractivity contribution in [2.24, 2.45) is 0 Å². The Morgan fingerprint density at radius 1 is 0.917 bits per heavy atom. The van der Waals surface area contributed by atoms with E-state index in [-0.39, 0.29) is 18.3 Å². The number of ether oxygens (including phenoxy) is 1. The molecule has 4 heteroatoms. The average molecular weight is 332 g/mol. The van der Waals surface area contributed by atoms with Crippen molar-refractivity contribution in [2.75, 3.05) is 6.61 Å². The van der Waals surface area contributed by atoms with Gasteiger partial charge in [0.1, 0.15) is 5.75 Å². The van der Waals surface area contributed by atoms with Crippen LogP contribution in [0.5, 0.6) is 5.75 Å². The van der Waals surface area contributed by atoms with Crippen molar-refractivity contribution in [1.29, 1.82) is 0 Å². The Labute approximate surface area is 148 Å². The Hall–Kier alpha value is -0.995. The molecule has 0 saturated carbocycles. The molecule has 0 atom stereocenters. The van der Waals surface area contributed by atoms with Crippen LogP contribution >= 0.6 is 0 Å². The predicted molar refractivity (Wildman–Crippen MR) is 101 cm³/mol. The molecule has 24 heavy (non-hydrogen) atoms. The fraction of sp³-hybridized carbons (Fsp3) is 0.700. The summed E-state index contributed by atoms with van der Waals surface area (Å²) >= 11 is 0. The van der Waals surface area contributed by atoms with E-state index < -0.39 is 0 Å². The first kappa shape index (κ1) is 19.3. The van der Waals surface area contributed by atoms with Gasteiger partial charge < -0.3 is 14.0 Å². The van der Waals surface area contributed by atoms with E-state index >= 15 is 0 Å². The minimum Gasteiger partial charge on any atom is -0.493 e. The molecule has 0 radical (unpaired) electrons. The fourth-order valence-electron chi connectivity index (χ4n) is 3.03. The Kier molecular flexibility index (Phi) is 6.03. The molecule has 1 saturated heterocycles. The molecule has 1 fully saturated rings. The van der Waals surface area contributed by atoms with Gasteiger partial charge in [-0.05, 0) is 64.6 Å². The zero-order valence-electron chi connectivity index (χ0n) is 16.5. The highest BCUT2D eigenvalue weighted by Gasteiger charge is 2.51. The summed E-state index contributed by atoms with van der Waals surface area (Å²) in [6.45, 7) is 15.6. The van der Waals surface area contributed by atoms with Crippen molar-refractivity contribution in [3.8, 4) is 5.75 Å². The van der Waals surface area contributed by atoms with Crippen LogP contribution in [-0.2, 0) is 9.31 Å². The largest absolute Gasteiger partial charge is 0.494 e. The summed E-state index contributed by atoms with van der Waals surface area (Å²) in [4.78, 5) is 0. The lowest BCUT2D eigenvalue weighted by Crippen LogP contribution is -2.41. The Bertz CT molecular complexity index is 527. The number of benzene rings is 1. The maximum absolute atomic E-state index is 6.16. The third-order valence-corrected chi connectivity index (χ3v) is 5.25. The molecule has 134 valence electrons. The highest BCUT2D eigenvalue weighted by molar-refractivity contribution is 6.62. The molecule has 1 heterocycles. The maximum atomic E-state index is 6.16. The molecule has 0 unspecified atom stereocenters. The SMILES string of the molecule is CCCCCCOc1c(C)cc(B2OC(C)(C)C(C)(C)O2)cc1C. The molecule has 3 nitrogen and oxygen atoms in total. The molecule has 1 aliphatic rings. The molecule has 0 aromatic heterocycles. The van der Waals surface area contributed by atoms with Crippen LogP contribution in [-0.4, -0.2) is 24.9 Å². The van der Waals surface area contributed by atoms with Gasteiger partial charge in [-0.2, -0.15) is 0 Å². The Morgan fingerprint density at radius 2 is 1.46 bits per heavy atom. The first-order valence-electron chi connectivity index (χ1n) is 9.27. The van der Waals surface area contributed by atoms with Gasteiger partial charge in [-0.25, -0.2) is 0 Å². The van der Waals surface area contributed by atoms with Crippen LogP contribution in [0, 0.1) is 13.8 Å². The van der Waals surface area contributed by atoms with Crippen molar-refractivity contribution in [3.05, 3.63) is 23.3 Å². The van der Waals surface area contributed by atoms with Crippen molar-refractivity contribution >= 4 is 12.6 Å². The fourth-order valence-corrected chi connectivity index (χ4v) is 3.03. The quantitative estimate of drug-likeness (QED) is 0.541. The van der Waals surface area contributed by atoms with Gasteiger partial charge >= 0.3 is 7.12 Å². The lowest BCUT2D eigenvalue weighted by Gasteiger charge is -2.32. The third kappa shape index (κ3) is 4.15. The van der Waals surface area contributed by atoms with E-state index in [1.54, 1.807) is 0 Å². The summed E-state index contributed by atoms with van der Waals surface area (Å²) in [6, 6.07) is 4.27. The summed E-state index contributed by atoms with van der Waals surface area (Å²) in [6.07, 6.45) is 4.88. The zero-order chi connectivity index (χ0) is 18.0. The van der Waals surface area contributed by atoms with Gasteiger partial charge in [-0.15, -0.1) is 0 Å². The molecule has 1 aliphatic heterocycles. The van der Waals surface area contributed by atoms with Crippen LogP contribution in [0.1, 0.15) is 71.4 Å². The van der Waals surface area contributed by atoms with Gasteiger partial charge in [-0.3, -0.25) is 0 Å². The highest BCUT2D eigenvalue weighted by atomic mass is 16.7. The number of aryl methyl sites for hydroxylation is 2. The van der Waals surface area contributed by atoms with Crippen molar-refractivity contribution in [2.45, 2.75) is 85.4 Å². The van der Waals surface area contributed by atoms with Crippen LogP contribution < -0.4 is 10.2 Å². The summed E-state index contributed by atoms with van der Waals surface area (Å²) in [5.74, 6) is 1.01. The van der Waals surface area contributed by atoms with E-state index in [4.69, 9.17) is 14.0 Å². The van der Waals surface area contributed by atoms with Crippen LogP contribution in [0.3, 0.4) is 0 Å². The zero-order valence-corrected chi connectivity index (χ0v) is 16.5. The van der Waals surface area contributed by atoms with E-state index in [1.165, 1.54) is 19.3 Å². The molecule has 0 aliphatic carbocycles. The van der Waals surface area contributed by atoms with Crippen LogP contribution in [0.4, 0.5) is 0 Å². The second-order valence-electron chi connectivity index (χ2n) is 7.98. The Balaban J connectivity index is 2.07. The van der Waals surface area contributed by atoms with Crippen molar-refractivity contribution < 1.29 is 14.0 Å². The van der Waals surface area contributed by atoms with E-state index in [1.807, 2.05) is 0 Å². The van der Waals surface area contributed by atoms with Crippen LogP contribution in [0.15, 0.2) is 12.1 Å². The molecule has 0 N–H and O–H groups in total. The molecule has 2 rings (SSSR count). The van der Waals surface area contributed by atoms with E-state index in [0.717, 1.165) is 35.4 Å². The molecular weight excluding hydrogens is 299 g/mol. The van der Waals surface area contributed by atoms with Gasteiger partial charge in [0.05, 0.1) is 17.8 Å². The number of rotatable bonds is 7. The molecular formula is C20H33BO3. The lowest BCUT2D eigenvalue weighted by molar-refractivity contribution is 0.00578. The monoisotopic (exact) mass is 332 g/mol. The van der Waals surface area contributed by atoms with Crippen LogP contribution in [0.25, 0.3) is 0 Å². The van der Waals surface area contributed by atoms with Gasteiger partial charge in [0.25, 0.3) is 0 Å². The molecule has 0 amide bonds. The standard InChI is InChI=1S/C20H33BO3/c1-8-9-10-11-12-22-18-15(2)13-17(14-16(18)3)21-23-19(4,5)20(6,7)24-21/h13-14H,8-12H2,1-7H3. The second kappa shape index (κ2) is 7.49. The number of hydrogen-bond acceptors (Lipinski definition) is 3. The first-order chi connectivity index (χ1) is 11.2. The van der Waals surface area contributed by atoms with Crippen molar-refractivity contribution in [3.63, 3.8) is 0 Å². The normalized spacial score (nSPS) is 18.9. The topological polar surface area (TPSA) is 27.7 Å². The molecule has 0 bridgehead atoms. The minimum absolute atomic E-state index is 0.312. The molecule has 0 spiro atoms. The number of unbranched alkanes of at least 4 members (excludes halogenated alkanes) is 3. The predicted octanol–water partition coefficient (Wildman–Crippen LogP) is 4.56. The van der Waals surface area contributed by atoms with Crippen LogP contribution in [0.2, 0.25) is 0 Å². The van der Waals surface area contributed by atoms with E-state index in [9.17, 15) is 0 Å². The van der Waals surface area contributed by atoms with E-state index in [0.29, 0.717) is 0 Å². The molecule has 1 aromatic carbocycles. The average Bonchev–Trinajstić information content (AvgIpc) is 2.69. The Morgan fingerprint density at radius 3 is 1.96 bits per heavy atom. The van der Waals surface area contributed by atoms with Gasteiger partial charge in [0.15, 0.2) is 0 Å². The van der Waals surface area contributed by atoms with Gasteiger partial charge in [-0.1, -0.05) is 38.3 Å². The minimum atomic E-state index is -0.314. The third-order valence-electron chi connectivity index (χ3n) is 5.25. The lowest BCUT2D eigenvalue weighted by atomic mass is 9.77.